The maximum atomic E-state index is 11.4. The summed E-state index contributed by atoms with van der Waals surface area (Å²) >= 11 is 6.24. The maximum Gasteiger partial charge on any atom is 0.312 e. The molecule has 0 saturated heterocycles. The molecule has 3 N–H and O–H groups in total. The molecule has 0 aliphatic rings. The van der Waals surface area contributed by atoms with Crippen molar-refractivity contribution in [2.45, 2.75) is 45.6 Å². The quantitative estimate of drug-likeness (QED) is 0.756. The van der Waals surface area contributed by atoms with Crippen molar-refractivity contribution >= 4 is 23.3 Å². The van der Waals surface area contributed by atoms with Crippen LogP contribution in [0.3, 0.4) is 0 Å². The van der Waals surface area contributed by atoms with E-state index in [2.05, 4.69) is 11.9 Å². The van der Waals surface area contributed by atoms with Crippen LogP contribution in [0.2, 0.25) is 5.15 Å². The fraction of sp³-hybridized carbons (Fsp3) is 0.412. The molecule has 5 nitrogen and oxygen atoms in total. The molecule has 2 aromatic rings. The number of nitrogen functional groups attached to an aromatic ring is 1. The fourth-order valence-electron chi connectivity index (χ4n) is 2.52. The van der Waals surface area contributed by atoms with Gasteiger partial charge in [-0.15, -0.1) is 0 Å². The Kier molecular flexibility index (Phi) is 5.66. The molecule has 1 unspecified atom stereocenters. The first-order valence-electron chi connectivity index (χ1n) is 7.76. The van der Waals surface area contributed by atoms with E-state index in [-0.39, 0.29) is 5.15 Å². The van der Waals surface area contributed by atoms with Crippen molar-refractivity contribution in [1.29, 1.82) is 0 Å². The maximum absolute atomic E-state index is 11.4. The molecule has 1 atom stereocenters. The summed E-state index contributed by atoms with van der Waals surface area (Å²) in [5, 5.41) is 9.63. The normalized spacial score (nSPS) is 12.3. The third-order valence-electron chi connectivity index (χ3n) is 3.90. The van der Waals surface area contributed by atoms with Gasteiger partial charge in [0.05, 0.1) is 11.6 Å². The van der Waals surface area contributed by atoms with Gasteiger partial charge in [-0.3, -0.25) is 4.79 Å². The van der Waals surface area contributed by atoms with Gasteiger partial charge in [-0.2, -0.15) is 0 Å². The number of aliphatic carboxylic acids is 1. The number of aromatic nitrogens is 2. The highest BCUT2D eigenvalue weighted by atomic mass is 35.5. The molecule has 2 rings (SSSR count). The molecule has 23 heavy (non-hydrogen) atoms. The second-order valence-corrected chi connectivity index (χ2v) is 6.05. The molecule has 0 fully saturated rings. The van der Waals surface area contributed by atoms with Gasteiger partial charge < -0.3 is 15.4 Å². The first kappa shape index (κ1) is 17.3. The van der Waals surface area contributed by atoms with Crippen LogP contribution in [0.15, 0.2) is 24.3 Å². The number of unbranched alkanes of at least 4 members (excludes halogenated alkanes) is 1. The van der Waals surface area contributed by atoms with Crippen LogP contribution in [-0.2, 0) is 17.8 Å². The van der Waals surface area contributed by atoms with E-state index in [1.54, 1.807) is 6.92 Å². The monoisotopic (exact) mass is 335 g/mol. The van der Waals surface area contributed by atoms with Gasteiger partial charge in [-0.05, 0) is 31.0 Å². The second-order valence-electron chi connectivity index (χ2n) is 5.70. The highest BCUT2D eigenvalue weighted by Crippen LogP contribution is 2.28. The molecule has 124 valence electrons. The smallest absolute Gasteiger partial charge is 0.312 e. The Morgan fingerprint density at radius 1 is 1.39 bits per heavy atom. The molecule has 0 aliphatic heterocycles. The van der Waals surface area contributed by atoms with E-state index in [4.69, 9.17) is 17.3 Å². The van der Waals surface area contributed by atoms with Crippen LogP contribution in [0.5, 0.6) is 0 Å². The molecule has 0 aliphatic carbocycles. The van der Waals surface area contributed by atoms with Crippen molar-refractivity contribution < 1.29 is 9.90 Å². The van der Waals surface area contributed by atoms with Crippen LogP contribution in [0.1, 0.15) is 49.7 Å². The minimum absolute atomic E-state index is 0.279. The number of carboxylic acids is 1. The Balaban J connectivity index is 2.43. The summed E-state index contributed by atoms with van der Waals surface area (Å²) in [6.07, 6.45) is 2.80. The number of carbonyl (C=O) groups is 1. The van der Waals surface area contributed by atoms with Crippen LogP contribution in [0, 0.1) is 0 Å². The summed E-state index contributed by atoms with van der Waals surface area (Å²) in [5.41, 5.74) is 8.01. The van der Waals surface area contributed by atoms with Gasteiger partial charge in [0.15, 0.2) is 5.15 Å². The Morgan fingerprint density at radius 2 is 2.04 bits per heavy atom. The van der Waals surface area contributed by atoms with E-state index < -0.39 is 11.9 Å². The minimum atomic E-state index is -0.910. The Labute approximate surface area is 141 Å². The first-order chi connectivity index (χ1) is 10.9. The number of nitrogens with zero attached hydrogens (tertiary/aromatic N) is 2. The lowest BCUT2D eigenvalue weighted by atomic mass is 10.1. The topological polar surface area (TPSA) is 81.1 Å². The lowest BCUT2D eigenvalue weighted by Crippen LogP contribution is -2.16. The Bertz CT molecular complexity index is 680. The Hall–Kier alpha value is -2.01. The summed E-state index contributed by atoms with van der Waals surface area (Å²) in [7, 11) is 0. The van der Waals surface area contributed by atoms with Crippen LogP contribution in [-0.4, -0.2) is 20.6 Å². The van der Waals surface area contributed by atoms with Gasteiger partial charge in [-0.25, -0.2) is 4.98 Å². The van der Waals surface area contributed by atoms with Crippen molar-refractivity contribution in [3.63, 3.8) is 0 Å². The number of hydrogen-bond donors (Lipinski definition) is 2. The number of rotatable bonds is 7. The van der Waals surface area contributed by atoms with Gasteiger partial charge >= 0.3 is 5.97 Å². The van der Waals surface area contributed by atoms with Gasteiger partial charge in [-0.1, -0.05) is 37.1 Å². The van der Waals surface area contributed by atoms with Crippen LogP contribution >= 0.6 is 11.6 Å². The SMILES string of the molecule is CCCCc1nc(Cl)c(C(C)C(=O)O)n1Cc1ccc(N)cc1. The van der Waals surface area contributed by atoms with E-state index in [0.29, 0.717) is 17.9 Å². The van der Waals surface area contributed by atoms with Crippen LogP contribution in [0.4, 0.5) is 5.69 Å². The summed E-state index contributed by atoms with van der Waals surface area (Å²) in [6, 6.07) is 7.53. The predicted molar refractivity (Wildman–Crippen MR) is 91.9 cm³/mol. The van der Waals surface area contributed by atoms with Crippen molar-refractivity contribution in [3.8, 4) is 0 Å². The van der Waals surface area contributed by atoms with Crippen LogP contribution < -0.4 is 5.73 Å². The summed E-state index contributed by atoms with van der Waals surface area (Å²) in [4.78, 5) is 15.8. The number of imidazole rings is 1. The molecule has 1 aromatic heterocycles. The van der Waals surface area contributed by atoms with E-state index in [0.717, 1.165) is 30.7 Å². The molecule has 1 aromatic carbocycles. The van der Waals surface area contributed by atoms with E-state index in [1.807, 2.05) is 28.8 Å². The number of carboxylic acid groups (broad SMARTS) is 1. The third kappa shape index (κ3) is 4.05. The molecular weight excluding hydrogens is 314 g/mol. The fourth-order valence-corrected chi connectivity index (χ4v) is 2.88. The molecule has 0 saturated carbocycles. The van der Waals surface area contributed by atoms with Gasteiger partial charge in [0.1, 0.15) is 5.82 Å². The van der Waals surface area contributed by atoms with Crippen molar-refractivity contribution in [1.82, 2.24) is 9.55 Å². The number of anilines is 1. The molecular formula is C17H22ClN3O2. The molecule has 6 heteroatoms. The highest BCUT2D eigenvalue weighted by molar-refractivity contribution is 6.30. The van der Waals surface area contributed by atoms with E-state index >= 15 is 0 Å². The summed E-state index contributed by atoms with van der Waals surface area (Å²) in [5.74, 6) is -0.789. The number of aryl methyl sites for hydroxylation is 1. The lowest BCUT2D eigenvalue weighted by Gasteiger charge is -2.15. The third-order valence-corrected chi connectivity index (χ3v) is 4.17. The van der Waals surface area contributed by atoms with Crippen molar-refractivity contribution in [2.24, 2.45) is 0 Å². The summed E-state index contributed by atoms with van der Waals surface area (Å²) < 4.78 is 1.93. The summed E-state index contributed by atoms with van der Waals surface area (Å²) in [6.45, 7) is 4.27. The van der Waals surface area contributed by atoms with Gasteiger partial charge in [0, 0.05) is 18.7 Å². The number of halogens is 1. The molecule has 1 heterocycles. The molecule has 0 radical (unpaired) electrons. The first-order valence-corrected chi connectivity index (χ1v) is 8.13. The van der Waals surface area contributed by atoms with Crippen molar-refractivity contribution in [2.75, 3.05) is 5.73 Å². The van der Waals surface area contributed by atoms with Gasteiger partial charge in [0.25, 0.3) is 0 Å². The highest BCUT2D eigenvalue weighted by Gasteiger charge is 2.25. The zero-order valence-electron chi connectivity index (χ0n) is 13.4. The molecule has 0 spiro atoms. The standard InChI is InChI=1S/C17H22ClN3O2/c1-3-4-5-14-20-16(18)15(11(2)17(22)23)21(14)10-12-6-8-13(19)9-7-12/h6-9,11H,3-5,10,19H2,1-2H3,(H,22,23). The average molecular weight is 336 g/mol. The lowest BCUT2D eigenvalue weighted by molar-refractivity contribution is -0.138. The zero-order valence-corrected chi connectivity index (χ0v) is 14.2. The number of nitrogens with two attached hydrogens (primary N) is 1. The Morgan fingerprint density at radius 3 is 2.61 bits per heavy atom. The average Bonchev–Trinajstić information content (AvgIpc) is 2.82. The predicted octanol–water partition coefficient (Wildman–Crippen LogP) is 3.70. The number of hydrogen-bond acceptors (Lipinski definition) is 3. The molecule has 0 amide bonds. The van der Waals surface area contributed by atoms with Gasteiger partial charge in [0.2, 0.25) is 0 Å². The molecule has 0 bridgehead atoms. The second kappa shape index (κ2) is 7.51. The minimum Gasteiger partial charge on any atom is -0.481 e. The van der Waals surface area contributed by atoms with Crippen LogP contribution in [0.25, 0.3) is 0 Å². The number of benzene rings is 1. The largest absolute Gasteiger partial charge is 0.481 e. The van der Waals surface area contributed by atoms with E-state index in [9.17, 15) is 9.90 Å². The zero-order chi connectivity index (χ0) is 17.0. The van der Waals surface area contributed by atoms with Crippen molar-refractivity contribution in [3.05, 3.63) is 46.5 Å². The van der Waals surface area contributed by atoms with E-state index in [1.165, 1.54) is 0 Å².